The van der Waals surface area contributed by atoms with Crippen molar-refractivity contribution in [3.05, 3.63) is 34.9 Å². The molecule has 0 aromatic carbocycles. The molecule has 6 rings (SSSR count). The van der Waals surface area contributed by atoms with Crippen LogP contribution in [-0.4, -0.2) is 92.3 Å². The van der Waals surface area contributed by atoms with Gasteiger partial charge in [0, 0.05) is 48.7 Å². The lowest BCUT2D eigenvalue weighted by Gasteiger charge is -2.31. The predicted octanol–water partition coefficient (Wildman–Crippen LogP) is 1.81. The number of hydrogen-bond acceptors (Lipinski definition) is 10. The van der Waals surface area contributed by atoms with Crippen molar-refractivity contribution < 1.29 is 9.59 Å². The highest BCUT2D eigenvalue weighted by molar-refractivity contribution is 7.98. The van der Waals surface area contributed by atoms with E-state index in [2.05, 4.69) is 30.6 Å². The molecule has 4 aliphatic heterocycles. The third kappa shape index (κ3) is 5.22. The highest BCUT2D eigenvalue weighted by Crippen LogP contribution is 2.27. The molecule has 4 aliphatic rings. The van der Waals surface area contributed by atoms with E-state index < -0.39 is 0 Å². The molecule has 36 heavy (non-hydrogen) atoms. The Morgan fingerprint density at radius 3 is 1.58 bits per heavy atom. The Bertz CT molecular complexity index is 1030. The van der Waals surface area contributed by atoms with Crippen LogP contribution in [-0.2, 0) is 13.1 Å². The van der Waals surface area contributed by atoms with Crippen LogP contribution in [0, 0.1) is 0 Å². The topological polar surface area (TPSA) is 116 Å². The zero-order chi connectivity index (χ0) is 25.1. The Kier molecular flexibility index (Phi) is 8.04. The van der Waals surface area contributed by atoms with Gasteiger partial charge in [-0.25, -0.2) is 19.9 Å². The second-order valence-corrected chi connectivity index (χ2v) is 10.9. The number of thioether (sulfide) groups is 2. The average molecular weight is 529 g/mol. The van der Waals surface area contributed by atoms with Crippen molar-refractivity contribution in [1.82, 2.24) is 40.4 Å². The number of hydrogen-bond donors (Lipinski definition) is 2. The summed E-state index contributed by atoms with van der Waals surface area (Å²) in [5.74, 6) is 0.132. The zero-order valence-corrected chi connectivity index (χ0v) is 22.3. The summed E-state index contributed by atoms with van der Waals surface area (Å²) >= 11 is 2.94. The number of aromatic nitrogens is 4. The van der Waals surface area contributed by atoms with Gasteiger partial charge in [-0.3, -0.25) is 9.59 Å². The molecular weight excluding hydrogens is 496 g/mol. The summed E-state index contributed by atoms with van der Waals surface area (Å²) in [6.45, 7) is 5.22. The lowest BCUT2D eigenvalue weighted by atomic mass is 10.1. The van der Waals surface area contributed by atoms with Crippen molar-refractivity contribution in [2.24, 2.45) is 0 Å². The van der Waals surface area contributed by atoms with Gasteiger partial charge in [-0.1, -0.05) is 23.5 Å². The van der Waals surface area contributed by atoms with Crippen LogP contribution in [0.2, 0.25) is 0 Å². The molecule has 12 heteroatoms. The van der Waals surface area contributed by atoms with Gasteiger partial charge in [0.25, 0.3) is 11.8 Å². The number of fused-ring (bicyclic) bond motifs is 2. The number of nitrogens with one attached hydrogen (secondary N) is 2. The van der Waals surface area contributed by atoms with Crippen LogP contribution in [0.25, 0.3) is 0 Å². The second kappa shape index (κ2) is 11.4. The quantitative estimate of drug-likeness (QED) is 0.450. The van der Waals surface area contributed by atoms with Crippen LogP contribution < -0.4 is 10.6 Å². The first-order valence-electron chi connectivity index (χ1n) is 12.4. The highest BCUT2D eigenvalue weighted by atomic mass is 32.2. The number of piperidine rings is 2. The summed E-state index contributed by atoms with van der Waals surface area (Å²) in [5, 5.41) is 8.04. The molecule has 2 amide bonds. The molecule has 0 bridgehead atoms. The minimum Gasteiger partial charge on any atom is -0.329 e. The van der Waals surface area contributed by atoms with Crippen LogP contribution in [0.4, 0.5) is 0 Å². The Morgan fingerprint density at radius 1 is 0.778 bits per heavy atom. The van der Waals surface area contributed by atoms with E-state index in [4.69, 9.17) is 0 Å². The largest absolute Gasteiger partial charge is 0.329 e. The fourth-order valence-electron chi connectivity index (χ4n) is 5.15. The Hall–Kier alpha value is -2.28. The molecule has 2 aromatic heterocycles. The molecule has 10 nitrogen and oxygen atoms in total. The molecule has 0 unspecified atom stereocenters. The van der Waals surface area contributed by atoms with E-state index in [1.54, 1.807) is 12.4 Å². The monoisotopic (exact) mass is 528 g/mol. The number of rotatable bonds is 4. The van der Waals surface area contributed by atoms with Crippen LogP contribution >= 0.6 is 23.5 Å². The van der Waals surface area contributed by atoms with Gasteiger partial charge in [0.2, 0.25) is 0 Å². The lowest BCUT2D eigenvalue weighted by molar-refractivity contribution is 0.0663. The summed E-state index contributed by atoms with van der Waals surface area (Å²) in [5.41, 5.74) is 3.12. The lowest BCUT2D eigenvalue weighted by Crippen LogP contribution is -2.46. The first kappa shape index (κ1) is 25.4. The normalized spacial score (nSPS) is 23.3. The van der Waals surface area contributed by atoms with Gasteiger partial charge in [-0.05, 0) is 51.3 Å². The summed E-state index contributed by atoms with van der Waals surface area (Å²) < 4.78 is 0. The second-order valence-electron chi connectivity index (χ2n) is 9.33. The van der Waals surface area contributed by atoms with Gasteiger partial charge in [-0.2, -0.15) is 0 Å². The minimum atomic E-state index is 0.0661. The van der Waals surface area contributed by atoms with Crippen LogP contribution in [0.5, 0.6) is 0 Å². The van der Waals surface area contributed by atoms with Gasteiger partial charge < -0.3 is 20.4 Å². The van der Waals surface area contributed by atoms with Crippen molar-refractivity contribution in [1.29, 1.82) is 0 Å². The van der Waals surface area contributed by atoms with E-state index >= 15 is 0 Å². The molecule has 0 spiro atoms. The number of carbonyl (C=O) groups is 2. The van der Waals surface area contributed by atoms with Crippen LogP contribution in [0.15, 0.2) is 22.7 Å². The number of nitrogens with zero attached hydrogens (tertiary/aromatic N) is 6. The molecule has 2 atom stereocenters. The summed E-state index contributed by atoms with van der Waals surface area (Å²) in [6.07, 6.45) is 11.8. The molecule has 6 heterocycles. The van der Waals surface area contributed by atoms with Gasteiger partial charge in [0.05, 0.1) is 13.1 Å². The zero-order valence-electron chi connectivity index (χ0n) is 20.7. The fourth-order valence-corrected chi connectivity index (χ4v) is 5.83. The van der Waals surface area contributed by atoms with Crippen molar-refractivity contribution in [2.75, 3.05) is 38.7 Å². The van der Waals surface area contributed by atoms with Crippen molar-refractivity contribution in [3.8, 4) is 0 Å². The maximum atomic E-state index is 12.4. The van der Waals surface area contributed by atoms with Gasteiger partial charge in [0.15, 0.2) is 10.3 Å². The molecule has 2 N–H and O–H groups in total. The number of amides is 2. The van der Waals surface area contributed by atoms with Gasteiger partial charge in [0.1, 0.15) is 11.4 Å². The molecule has 192 valence electrons. The number of carbonyl (C=O) groups excluding carboxylic acids is 2. The highest BCUT2D eigenvalue weighted by Gasteiger charge is 2.36. The third-order valence-electron chi connectivity index (χ3n) is 7.08. The van der Waals surface area contributed by atoms with E-state index in [1.165, 1.54) is 23.5 Å². The van der Waals surface area contributed by atoms with E-state index in [0.717, 1.165) is 63.0 Å². The SMILES string of the molecule is CSc1ncc2c(n1)C(=O)N([C@H]1CCCNC1)C2.CSc1ncc2c(n1)C(=O)N([C@H]1CCCNC1)C2. The molecule has 2 saturated heterocycles. The average Bonchev–Trinajstić information content (AvgIpc) is 3.45. The minimum absolute atomic E-state index is 0.0661. The maximum absolute atomic E-state index is 12.4. The molecule has 0 radical (unpaired) electrons. The first-order chi connectivity index (χ1) is 17.6. The van der Waals surface area contributed by atoms with E-state index in [1.807, 2.05) is 22.3 Å². The molecule has 2 fully saturated rings. The van der Waals surface area contributed by atoms with E-state index in [-0.39, 0.29) is 11.8 Å². The Morgan fingerprint density at radius 2 is 1.22 bits per heavy atom. The third-order valence-corrected chi connectivity index (χ3v) is 8.21. The maximum Gasteiger partial charge on any atom is 0.273 e. The summed E-state index contributed by atoms with van der Waals surface area (Å²) in [7, 11) is 0. The summed E-state index contributed by atoms with van der Waals surface area (Å²) in [6, 6.07) is 0.608. The molecule has 0 aliphatic carbocycles. The van der Waals surface area contributed by atoms with Crippen molar-refractivity contribution in [3.63, 3.8) is 0 Å². The van der Waals surface area contributed by atoms with Gasteiger partial charge >= 0.3 is 0 Å². The van der Waals surface area contributed by atoms with Crippen molar-refractivity contribution in [2.45, 2.75) is 61.2 Å². The van der Waals surface area contributed by atoms with Crippen LogP contribution in [0.3, 0.4) is 0 Å². The molecule has 0 saturated carbocycles. The van der Waals surface area contributed by atoms with E-state index in [0.29, 0.717) is 46.9 Å². The van der Waals surface area contributed by atoms with Crippen LogP contribution in [0.1, 0.15) is 57.8 Å². The standard InChI is InChI=1S/2C12H16N4OS/c2*1-18-12-14-5-8-7-16(11(17)10(8)15-12)9-3-2-4-13-6-9/h2*5,9,13H,2-4,6-7H2,1H3/t2*9-/m00/s1. The molecule has 2 aromatic rings. The Balaban J connectivity index is 0.000000148. The predicted molar refractivity (Wildman–Crippen MR) is 139 cm³/mol. The fraction of sp³-hybridized carbons (Fsp3) is 0.583. The smallest absolute Gasteiger partial charge is 0.273 e. The first-order valence-corrected chi connectivity index (χ1v) is 14.9. The van der Waals surface area contributed by atoms with Crippen molar-refractivity contribution >= 4 is 35.3 Å². The Labute approximate surface area is 219 Å². The summed E-state index contributed by atoms with van der Waals surface area (Å²) in [4.78, 5) is 45.8. The van der Waals surface area contributed by atoms with E-state index in [9.17, 15) is 9.59 Å². The molecular formula is C24H32N8O2S2. The van der Waals surface area contributed by atoms with Gasteiger partial charge in [-0.15, -0.1) is 0 Å².